The van der Waals surface area contributed by atoms with Crippen molar-refractivity contribution in [3.8, 4) is 17.2 Å². The molecule has 2 aromatic rings. The van der Waals surface area contributed by atoms with Crippen LogP contribution in [0.25, 0.3) is 6.08 Å². The highest BCUT2D eigenvalue weighted by Crippen LogP contribution is 2.41. The van der Waals surface area contributed by atoms with Crippen molar-refractivity contribution in [2.24, 2.45) is 0 Å². The fourth-order valence-corrected chi connectivity index (χ4v) is 4.09. The molecule has 1 aliphatic heterocycles. The number of nitrogens with zero attached hydrogens (tertiary/aromatic N) is 1. The van der Waals surface area contributed by atoms with E-state index in [4.69, 9.17) is 26.4 Å². The molecular formula is C20H19NO4S2. The molecule has 0 N–H and O–H groups in total. The van der Waals surface area contributed by atoms with Gasteiger partial charge in [0.25, 0.3) is 5.91 Å². The minimum Gasteiger partial charge on any atom is -0.493 e. The lowest BCUT2D eigenvalue weighted by Crippen LogP contribution is -2.27. The Hall–Kier alpha value is -2.51. The normalized spacial score (nSPS) is 15.4. The van der Waals surface area contributed by atoms with Crippen molar-refractivity contribution in [1.29, 1.82) is 0 Å². The van der Waals surface area contributed by atoms with Gasteiger partial charge in [0.1, 0.15) is 0 Å². The van der Waals surface area contributed by atoms with E-state index in [0.29, 0.717) is 26.5 Å². The molecule has 7 heteroatoms. The average Bonchev–Trinajstić information content (AvgIpc) is 2.94. The highest BCUT2D eigenvalue weighted by molar-refractivity contribution is 8.27. The van der Waals surface area contributed by atoms with Gasteiger partial charge in [-0.15, -0.1) is 0 Å². The maximum absolute atomic E-state index is 12.9. The zero-order valence-electron chi connectivity index (χ0n) is 15.4. The van der Waals surface area contributed by atoms with E-state index in [1.54, 1.807) is 44.4 Å². The Bertz CT molecular complexity index is 914. The van der Waals surface area contributed by atoms with Crippen LogP contribution in [0.15, 0.2) is 41.3 Å². The van der Waals surface area contributed by atoms with E-state index in [-0.39, 0.29) is 5.91 Å². The second kappa shape index (κ2) is 8.02. The lowest BCUT2D eigenvalue weighted by atomic mass is 10.1. The molecular weight excluding hydrogens is 382 g/mol. The number of anilines is 1. The molecule has 0 spiro atoms. The first-order chi connectivity index (χ1) is 13.0. The van der Waals surface area contributed by atoms with Crippen LogP contribution < -0.4 is 19.1 Å². The first kappa shape index (κ1) is 19.3. The van der Waals surface area contributed by atoms with Gasteiger partial charge in [-0.3, -0.25) is 9.69 Å². The molecule has 1 aliphatic rings. The van der Waals surface area contributed by atoms with Crippen LogP contribution in [0.3, 0.4) is 0 Å². The molecule has 2 aromatic carbocycles. The fraction of sp³-hybridized carbons (Fsp3) is 0.200. The van der Waals surface area contributed by atoms with E-state index in [1.807, 2.05) is 31.2 Å². The predicted octanol–water partition coefficient (Wildman–Crippen LogP) is 4.43. The zero-order valence-corrected chi connectivity index (χ0v) is 17.1. The van der Waals surface area contributed by atoms with Gasteiger partial charge in [0.05, 0.1) is 31.9 Å². The highest BCUT2D eigenvalue weighted by atomic mass is 32.2. The lowest BCUT2D eigenvalue weighted by Gasteiger charge is -2.15. The Morgan fingerprint density at radius 1 is 1.04 bits per heavy atom. The van der Waals surface area contributed by atoms with Crippen molar-refractivity contribution in [3.63, 3.8) is 0 Å². The highest BCUT2D eigenvalue weighted by Gasteiger charge is 2.33. The molecule has 0 radical (unpaired) electrons. The summed E-state index contributed by atoms with van der Waals surface area (Å²) in [7, 11) is 4.66. The van der Waals surface area contributed by atoms with Crippen LogP contribution in [0.5, 0.6) is 17.2 Å². The van der Waals surface area contributed by atoms with Gasteiger partial charge in [-0.2, -0.15) is 0 Å². The minimum absolute atomic E-state index is 0.149. The molecule has 3 rings (SSSR count). The average molecular weight is 402 g/mol. The third-order valence-electron chi connectivity index (χ3n) is 4.04. The SMILES string of the molecule is COc1cc(/C=C2\SC(=S)N(c3cccc(C)c3)C2=O)cc(OC)c1OC. The molecule has 0 aliphatic carbocycles. The summed E-state index contributed by atoms with van der Waals surface area (Å²) < 4.78 is 16.6. The van der Waals surface area contributed by atoms with E-state index < -0.39 is 0 Å². The summed E-state index contributed by atoms with van der Waals surface area (Å²) in [5.41, 5.74) is 2.59. The summed E-state index contributed by atoms with van der Waals surface area (Å²) in [5.74, 6) is 1.41. The number of carbonyl (C=O) groups excluding carboxylic acids is 1. The van der Waals surface area contributed by atoms with Crippen LogP contribution in [0.4, 0.5) is 5.69 Å². The van der Waals surface area contributed by atoms with Crippen LogP contribution >= 0.6 is 24.0 Å². The monoisotopic (exact) mass is 401 g/mol. The Morgan fingerprint density at radius 3 is 2.26 bits per heavy atom. The number of thiocarbonyl (C=S) groups is 1. The van der Waals surface area contributed by atoms with Crippen LogP contribution in [-0.4, -0.2) is 31.6 Å². The van der Waals surface area contributed by atoms with Gasteiger partial charge >= 0.3 is 0 Å². The van der Waals surface area contributed by atoms with Crippen molar-refractivity contribution in [2.45, 2.75) is 6.92 Å². The molecule has 1 heterocycles. The maximum Gasteiger partial charge on any atom is 0.270 e. The van der Waals surface area contributed by atoms with Crippen molar-refractivity contribution < 1.29 is 19.0 Å². The summed E-state index contributed by atoms with van der Waals surface area (Å²) >= 11 is 6.70. The Balaban J connectivity index is 1.99. The van der Waals surface area contributed by atoms with Gasteiger partial charge in [0.2, 0.25) is 5.75 Å². The van der Waals surface area contributed by atoms with Crippen LogP contribution in [-0.2, 0) is 4.79 Å². The minimum atomic E-state index is -0.149. The van der Waals surface area contributed by atoms with Gasteiger partial charge in [0.15, 0.2) is 15.8 Å². The number of hydrogen-bond acceptors (Lipinski definition) is 6. The van der Waals surface area contributed by atoms with Gasteiger partial charge in [0, 0.05) is 0 Å². The summed E-state index contributed by atoms with van der Waals surface area (Å²) in [4.78, 5) is 15.0. The number of thioether (sulfide) groups is 1. The van der Waals surface area contributed by atoms with Crippen molar-refractivity contribution in [3.05, 3.63) is 52.4 Å². The van der Waals surface area contributed by atoms with Crippen LogP contribution in [0.1, 0.15) is 11.1 Å². The molecule has 1 fully saturated rings. The van der Waals surface area contributed by atoms with E-state index in [2.05, 4.69) is 0 Å². The molecule has 0 atom stereocenters. The second-order valence-electron chi connectivity index (χ2n) is 5.81. The van der Waals surface area contributed by atoms with E-state index >= 15 is 0 Å². The summed E-state index contributed by atoms with van der Waals surface area (Å²) in [6, 6.07) is 11.3. The van der Waals surface area contributed by atoms with Gasteiger partial charge in [-0.05, 0) is 48.4 Å². The first-order valence-corrected chi connectivity index (χ1v) is 9.35. The molecule has 0 unspecified atom stereocenters. The van der Waals surface area contributed by atoms with E-state index in [0.717, 1.165) is 16.8 Å². The van der Waals surface area contributed by atoms with Crippen LogP contribution in [0, 0.1) is 6.92 Å². The Morgan fingerprint density at radius 2 is 1.70 bits per heavy atom. The number of methoxy groups -OCH3 is 3. The van der Waals surface area contributed by atoms with Gasteiger partial charge in [-0.25, -0.2) is 0 Å². The molecule has 0 aromatic heterocycles. The Labute approximate surface area is 167 Å². The first-order valence-electron chi connectivity index (χ1n) is 8.13. The van der Waals surface area contributed by atoms with Gasteiger partial charge < -0.3 is 14.2 Å². The predicted molar refractivity (Wildman–Crippen MR) is 113 cm³/mol. The largest absolute Gasteiger partial charge is 0.493 e. The number of ether oxygens (including phenoxy) is 3. The topological polar surface area (TPSA) is 48.0 Å². The molecule has 27 heavy (non-hydrogen) atoms. The molecule has 1 amide bonds. The van der Waals surface area contributed by atoms with Crippen LogP contribution in [0.2, 0.25) is 0 Å². The fourth-order valence-electron chi connectivity index (χ4n) is 2.79. The number of aryl methyl sites for hydroxylation is 1. The molecule has 140 valence electrons. The molecule has 0 bridgehead atoms. The van der Waals surface area contributed by atoms with Gasteiger partial charge in [-0.1, -0.05) is 36.1 Å². The second-order valence-corrected chi connectivity index (χ2v) is 7.49. The molecule has 5 nitrogen and oxygen atoms in total. The molecule has 0 saturated carbocycles. The number of hydrogen-bond donors (Lipinski definition) is 0. The smallest absolute Gasteiger partial charge is 0.270 e. The number of benzene rings is 2. The van der Waals surface area contributed by atoms with E-state index in [1.165, 1.54) is 11.8 Å². The molecule has 1 saturated heterocycles. The third-order valence-corrected chi connectivity index (χ3v) is 5.34. The zero-order chi connectivity index (χ0) is 19.6. The van der Waals surface area contributed by atoms with E-state index in [9.17, 15) is 4.79 Å². The number of carbonyl (C=O) groups is 1. The van der Waals surface area contributed by atoms with Crippen molar-refractivity contribution in [2.75, 3.05) is 26.2 Å². The number of amides is 1. The lowest BCUT2D eigenvalue weighted by molar-refractivity contribution is -0.113. The van der Waals surface area contributed by atoms with Crippen molar-refractivity contribution >= 4 is 46.0 Å². The Kier molecular flexibility index (Phi) is 5.72. The standard InChI is InChI=1S/C20H19NO4S2/c1-12-6-5-7-14(8-12)21-19(22)17(27-20(21)26)11-13-9-15(23-2)18(25-4)16(10-13)24-3/h5-11H,1-4H3/b17-11-. The quantitative estimate of drug-likeness (QED) is 0.546. The third kappa shape index (κ3) is 3.79. The summed E-state index contributed by atoms with van der Waals surface area (Å²) in [5, 5.41) is 0. The summed E-state index contributed by atoms with van der Waals surface area (Å²) in [6.45, 7) is 1.98. The maximum atomic E-state index is 12.9. The number of rotatable bonds is 5. The summed E-state index contributed by atoms with van der Waals surface area (Å²) in [6.07, 6.45) is 1.78. The van der Waals surface area contributed by atoms with Crippen molar-refractivity contribution in [1.82, 2.24) is 0 Å².